The van der Waals surface area contributed by atoms with Crippen molar-refractivity contribution in [2.45, 2.75) is 25.9 Å². The lowest BCUT2D eigenvalue weighted by molar-refractivity contribution is -0.144. The number of aryl methyl sites for hydroxylation is 2. The molecule has 1 aliphatic rings. The van der Waals surface area contributed by atoms with Crippen LogP contribution in [0.2, 0.25) is 0 Å². The Morgan fingerprint density at radius 2 is 1.89 bits per heavy atom. The highest BCUT2D eigenvalue weighted by molar-refractivity contribution is 6.07. The van der Waals surface area contributed by atoms with E-state index in [9.17, 15) is 18.0 Å². The van der Waals surface area contributed by atoms with E-state index in [1.165, 1.54) is 10.9 Å². The first kappa shape index (κ1) is 22.7. The number of hydrogen-bond acceptors (Lipinski definition) is 6. The second-order valence-electron chi connectivity index (χ2n) is 8.24. The summed E-state index contributed by atoms with van der Waals surface area (Å²) in [5, 5.41) is 10.1. The summed E-state index contributed by atoms with van der Waals surface area (Å²) in [6.45, 7) is 2.68. The van der Waals surface area contributed by atoms with Crippen LogP contribution in [0.4, 0.5) is 29.1 Å². The lowest BCUT2D eigenvalue weighted by Crippen LogP contribution is -2.24. The number of hydrogen-bond donors (Lipinski definition) is 1. The van der Waals surface area contributed by atoms with Gasteiger partial charge in [-0.3, -0.25) is 14.5 Å². The minimum absolute atomic E-state index is 0.113. The van der Waals surface area contributed by atoms with Gasteiger partial charge in [0.05, 0.1) is 23.1 Å². The van der Waals surface area contributed by atoms with Crippen molar-refractivity contribution in [3.05, 3.63) is 53.5 Å². The topological polar surface area (TPSA) is 93.2 Å². The fraction of sp³-hybridized carbons (Fsp3) is 0.318. The predicted octanol–water partition coefficient (Wildman–Crippen LogP) is 3.84. The van der Waals surface area contributed by atoms with Crippen molar-refractivity contribution < 1.29 is 22.4 Å². The van der Waals surface area contributed by atoms with E-state index in [2.05, 4.69) is 25.5 Å². The highest BCUT2D eigenvalue weighted by atomic mass is 19.4. The molecule has 0 atom stereocenters. The van der Waals surface area contributed by atoms with Crippen LogP contribution in [-0.2, 0) is 13.2 Å². The molecular formula is C22H20F4N8O. The van der Waals surface area contributed by atoms with Crippen molar-refractivity contribution in [3.63, 3.8) is 0 Å². The maximum atomic E-state index is 15.7. The van der Waals surface area contributed by atoms with Gasteiger partial charge in [0.25, 0.3) is 11.7 Å². The number of rotatable bonds is 4. The number of fused-ring (bicyclic) bond motifs is 1. The van der Waals surface area contributed by atoms with Crippen LogP contribution >= 0.6 is 0 Å². The molecule has 1 aliphatic heterocycles. The Labute approximate surface area is 196 Å². The minimum Gasteiger partial charge on any atom is -0.354 e. The van der Waals surface area contributed by atoms with Crippen molar-refractivity contribution >= 4 is 23.1 Å². The fourth-order valence-electron chi connectivity index (χ4n) is 4.16. The molecule has 1 saturated heterocycles. The second-order valence-corrected chi connectivity index (χ2v) is 8.24. The van der Waals surface area contributed by atoms with Crippen LogP contribution in [0.3, 0.4) is 0 Å². The highest BCUT2D eigenvalue weighted by Crippen LogP contribution is 2.33. The summed E-state index contributed by atoms with van der Waals surface area (Å²) >= 11 is 0. The van der Waals surface area contributed by atoms with Gasteiger partial charge in [-0.15, -0.1) is 5.10 Å². The molecule has 0 radical (unpaired) electrons. The Bertz CT molecular complexity index is 1440. The highest BCUT2D eigenvalue weighted by Gasteiger charge is 2.37. The zero-order chi connectivity index (χ0) is 24.9. The van der Waals surface area contributed by atoms with Crippen LogP contribution in [0.5, 0.6) is 0 Å². The molecule has 4 aromatic rings. The summed E-state index contributed by atoms with van der Waals surface area (Å²) < 4.78 is 57.7. The Kier molecular flexibility index (Phi) is 5.41. The van der Waals surface area contributed by atoms with Crippen LogP contribution in [-0.4, -0.2) is 48.4 Å². The van der Waals surface area contributed by atoms with Crippen LogP contribution in [0, 0.1) is 12.7 Å². The standard InChI is InChI=1S/C22H20F4N8O/c1-12-6-5-7-14(28-12)13-11-27-32(2)18(13)19(35)29-15-10-16-30-21(22(24,25)26)31-34(16)20(17(15)23)33-8-3-4-9-33/h5-7,10-11H,3-4,8-9H2,1-2H3,(H,29,35). The van der Waals surface area contributed by atoms with Gasteiger partial charge in [-0.05, 0) is 31.9 Å². The Morgan fingerprint density at radius 3 is 2.57 bits per heavy atom. The normalized spacial score (nSPS) is 14.2. The molecule has 1 N–H and O–H groups in total. The number of amides is 1. The summed E-state index contributed by atoms with van der Waals surface area (Å²) in [7, 11) is 1.55. The van der Waals surface area contributed by atoms with E-state index in [1.54, 1.807) is 37.1 Å². The van der Waals surface area contributed by atoms with Crippen LogP contribution in [0.1, 0.15) is 34.8 Å². The predicted molar refractivity (Wildman–Crippen MR) is 119 cm³/mol. The third-order valence-corrected chi connectivity index (χ3v) is 5.76. The lowest BCUT2D eigenvalue weighted by atomic mass is 10.1. The van der Waals surface area contributed by atoms with E-state index in [4.69, 9.17) is 0 Å². The number of nitrogens with one attached hydrogen (secondary N) is 1. The number of pyridine rings is 2. The smallest absolute Gasteiger partial charge is 0.354 e. The van der Waals surface area contributed by atoms with Crippen molar-refractivity contribution in [3.8, 4) is 11.3 Å². The first-order valence-electron chi connectivity index (χ1n) is 10.8. The molecule has 0 bridgehead atoms. The van der Waals surface area contributed by atoms with E-state index in [1.807, 2.05) is 0 Å². The molecule has 0 aromatic carbocycles. The molecule has 0 spiro atoms. The van der Waals surface area contributed by atoms with Crippen molar-refractivity contribution in [2.75, 3.05) is 23.3 Å². The monoisotopic (exact) mass is 488 g/mol. The minimum atomic E-state index is -4.81. The van der Waals surface area contributed by atoms with Gasteiger partial charge in [0, 0.05) is 31.9 Å². The number of carbonyl (C=O) groups is 1. The summed E-state index contributed by atoms with van der Waals surface area (Å²) in [6.07, 6.45) is -1.83. The molecule has 4 aromatic heterocycles. The second kappa shape index (κ2) is 8.32. The average Bonchev–Trinajstić information content (AvgIpc) is 3.53. The molecule has 0 saturated carbocycles. The molecule has 13 heteroatoms. The Hall–Kier alpha value is -4.03. The molecular weight excluding hydrogens is 468 g/mol. The summed E-state index contributed by atoms with van der Waals surface area (Å²) in [5.74, 6) is -3.16. The van der Waals surface area contributed by atoms with E-state index in [0.29, 0.717) is 24.3 Å². The van der Waals surface area contributed by atoms with Crippen LogP contribution in [0.15, 0.2) is 30.5 Å². The van der Waals surface area contributed by atoms with Gasteiger partial charge in [-0.25, -0.2) is 9.37 Å². The number of anilines is 2. The van der Waals surface area contributed by atoms with Crippen LogP contribution in [0.25, 0.3) is 16.9 Å². The van der Waals surface area contributed by atoms with E-state index in [-0.39, 0.29) is 22.8 Å². The van der Waals surface area contributed by atoms with E-state index in [0.717, 1.165) is 29.1 Å². The molecule has 35 heavy (non-hydrogen) atoms. The maximum absolute atomic E-state index is 15.7. The molecule has 1 fully saturated rings. The molecule has 5 heterocycles. The zero-order valence-electron chi connectivity index (χ0n) is 18.8. The van der Waals surface area contributed by atoms with E-state index >= 15 is 4.39 Å². The first-order valence-corrected chi connectivity index (χ1v) is 10.8. The molecule has 9 nitrogen and oxygen atoms in total. The van der Waals surface area contributed by atoms with Crippen molar-refractivity contribution in [1.29, 1.82) is 0 Å². The lowest BCUT2D eigenvalue weighted by Gasteiger charge is -2.20. The molecule has 5 rings (SSSR count). The average molecular weight is 488 g/mol. The molecule has 0 unspecified atom stereocenters. The van der Waals surface area contributed by atoms with Gasteiger partial charge in [0.15, 0.2) is 17.3 Å². The number of nitrogens with zero attached hydrogens (tertiary/aromatic N) is 7. The van der Waals surface area contributed by atoms with Gasteiger partial charge in [-0.1, -0.05) is 6.07 Å². The fourth-order valence-corrected chi connectivity index (χ4v) is 4.16. The maximum Gasteiger partial charge on any atom is 0.453 e. The van der Waals surface area contributed by atoms with Gasteiger partial charge < -0.3 is 10.2 Å². The zero-order valence-corrected chi connectivity index (χ0v) is 18.8. The number of alkyl halides is 3. The van der Waals surface area contributed by atoms with Gasteiger partial charge in [0.1, 0.15) is 5.69 Å². The third-order valence-electron chi connectivity index (χ3n) is 5.76. The van der Waals surface area contributed by atoms with Gasteiger partial charge in [-0.2, -0.15) is 22.8 Å². The van der Waals surface area contributed by atoms with Crippen LogP contribution < -0.4 is 10.2 Å². The number of carbonyl (C=O) groups excluding carboxylic acids is 1. The van der Waals surface area contributed by atoms with E-state index < -0.39 is 23.7 Å². The Balaban J connectivity index is 1.59. The quantitative estimate of drug-likeness (QED) is 0.439. The third kappa shape index (κ3) is 4.06. The Morgan fingerprint density at radius 1 is 1.14 bits per heavy atom. The SMILES string of the molecule is Cc1cccc(-c2cnn(C)c2C(=O)Nc2cc3nc(C(F)(F)F)nn3c(N3CCCC3)c2F)n1. The van der Waals surface area contributed by atoms with Crippen molar-refractivity contribution in [2.24, 2.45) is 7.05 Å². The number of halogens is 4. The number of aromatic nitrogens is 6. The summed E-state index contributed by atoms with van der Waals surface area (Å²) in [4.78, 5) is 22.8. The first-order chi connectivity index (χ1) is 16.6. The van der Waals surface area contributed by atoms with Gasteiger partial charge >= 0.3 is 6.18 Å². The summed E-state index contributed by atoms with van der Waals surface area (Å²) in [5.41, 5.74) is 1.23. The molecule has 182 valence electrons. The van der Waals surface area contributed by atoms with Crippen molar-refractivity contribution in [1.82, 2.24) is 29.4 Å². The largest absolute Gasteiger partial charge is 0.453 e. The summed E-state index contributed by atoms with van der Waals surface area (Å²) in [6, 6.07) is 6.34. The molecule has 1 amide bonds. The van der Waals surface area contributed by atoms with Gasteiger partial charge in [0.2, 0.25) is 0 Å². The molecule has 0 aliphatic carbocycles.